The molecule has 0 atom stereocenters. The van der Waals surface area contributed by atoms with Gasteiger partial charge in [-0.05, 0) is 96.1 Å². The van der Waals surface area contributed by atoms with Gasteiger partial charge in [0.05, 0.1) is 17.8 Å². The predicted molar refractivity (Wildman–Crippen MR) is 179 cm³/mol. The van der Waals surface area contributed by atoms with Crippen molar-refractivity contribution in [1.82, 2.24) is 26.3 Å². The highest BCUT2D eigenvalue weighted by atomic mass is 16.2. The number of rotatable bonds is 11. The van der Waals surface area contributed by atoms with Crippen LogP contribution in [0.3, 0.4) is 0 Å². The maximum Gasteiger partial charge on any atom is 0.257 e. The molecule has 0 bridgehead atoms. The van der Waals surface area contributed by atoms with Crippen molar-refractivity contribution in [2.75, 3.05) is 25.5 Å². The molecule has 4 N–H and O–H groups in total. The second kappa shape index (κ2) is 13.3. The van der Waals surface area contributed by atoms with Gasteiger partial charge in [0, 0.05) is 40.3 Å². The van der Waals surface area contributed by atoms with Crippen molar-refractivity contribution in [1.29, 1.82) is 0 Å². The van der Waals surface area contributed by atoms with E-state index >= 15 is 0 Å². The number of amides is 2. The van der Waals surface area contributed by atoms with E-state index in [-0.39, 0.29) is 22.9 Å². The zero-order valence-electron chi connectivity index (χ0n) is 27.3. The smallest absolute Gasteiger partial charge is 0.257 e. The molecule has 3 aromatic carbocycles. The van der Waals surface area contributed by atoms with Gasteiger partial charge in [0.25, 0.3) is 11.6 Å². The number of nitrogens with one attached hydrogen (secondary N) is 4. The van der Waals surface area contributed by atoms with Gasteiger partial charge in [-0.25, -0.2) is 0 Å². The minimum absolute atomic E-state index is 0.0393. The van der Waals surface area contributed by atoms with E-state index in [4.69, 9.17) is 5.10 Å². The summed E-state index contributed by atoms with van der Waals surface area (Å²) in [6.07, 6.45) is 1.98. The van der Waals surface area contributed by atoms with Crippen LogP contribution in [0, 0.1) is 0 Å². The number of aromatic nitrogens is 3. The van der Waals surface area contributed by atoms with Gasteiger partial charge in [0.1, 0.15) is 6.54 Å². The summed E-state index contributed by atoms with van der Waals surface area (Å²) in [4.78, 5) is 28.6. The Balaban J connectivity index is 1.45. The summed E-state index contributed by atoms with van der Waals surface area (Å²) in [5, 5.41) is 17.7. The highest BCUT2D eigenvalue weighted by Gasteiger charge is 2.34. The molecule has 1 aromatic heterocycles. The van der Waals surface area contributed by atoms with Gasteiger partial charge in [0.2, 0.25) is 11.6 Å². The third-order valence-corrected chi connectivity index (χ3v) is 9.04. The topological polar surface area (TPSA) is 106 Å². The van der Waals surface area contributed by atoms with Crippen LogP contribution in [0.4, 0.5) is 5.69 Å². The van der Waals surface area contributed by atoms with Gasteiger partial charge in [-0.3, -0.25) is 9.59 Å². The van der Waals surface area contributed by atoms with Crippen molar-refractivity contribution in [2.45, 2.75) is 71.1 Å². The molecule has 0 aliphatic carbocycles. The lowest BCUT2D eigenvalue weighted by atomic mass is 9.94. The van der Waals surface area contributed by atoms with E-state index < -0.39 is 0 Å². The van der Waals surface area contributed by atoms with Gasteiger partial charge >= 0.3 is 0 Å². The molecule has 0 radical (unpaired) electrons. The Labute approximate surface area is 266 Å². The Kier molecular flexibility index (Phi) is 9.51. The third-order valence-electron chi connectivity index (χ3n) is 9.04. The van der Waals surface area contributed by atoms with Crippen LogP contribution in [0.15, 0.2) is 72.8 Å². The highest BCUT2D eigenvalue weighted by Crippen LogP contribution is 2.39. The summed E-state index contributed by atoms with van der Waals surface area (Å²) in [5.74, 6) is 0.00335. The molecule has 0 fully saturated rings. The average molecular weight is 609 g/mol. The highest BCUT2D eigenvalue weighted by molar-refractivity contribution is 5.99. The normalized spacial score (nSPS) is 12.9. The van der Waals surface area contributed by atoms with Gasteiger partial charge in [-0.2, -0.15) is 0 Å². The van der Waals surface area contributed by atoms with E-state index in [1.54, 1.807) is 0 Å². The molecule has 236 valence electrons. The number of benzene rings is 3. The molecule has 0 spiro atoms. The maximum atomic E-state index is 13.9. The molecule has 45 heavy (non-hydrogen) atoms. The van der Waals surface area contributed by atoms with Gasteiger partial charge < -0.3 is 20.9 Å². The van der Waals surface area contributed by atoms with E-state index in [0.717, 1.165) is 52.2 Å². The van der Waals surface area contributed by atoms with E-state index in [2.05, 4.69) is 67.1 Å². The summed E-state index contributed by atoms with van der Waals surface area (Å²) in [7, 11) is 3.86. The van der Waals surface area contributed by atoms with E-state index in [1.165, 1.54) is 0 Å². The molecule has 1 aliphatic heterocycles. The fourth-order valence-corrected chi connectivity index (χ4v) is 5.53. The molecule has 9 heteroatoms. The van der Waals surface area contributed by atoms with Crippen molar-refractivity contribution in [3.8, 4) is 22.5 Å². The predicted octanol–water partition coefficient (Wildman–Crippen LogP) is 4.82. The second-order valence-electron chi connectivity index (χ2n) is 13.1. The maximum absolute atomic E-state index is 13.9. The Morgan fingerprint density at radius 2 is 1.51 bits per heavy atom. The number of anilines is 1. The van der Waals surface area contributed by atoms with Crippen molar-refractivity contribution in [3.63, 3.8) is 0 Å². The van der Waals surface area contributed by atoms with Crippen LogP contribution in [0.2, 0.25) is 0 Å². The van der Waals surface area contributed by atoms with Crippen LogP contribution in [0.5, 0.6) is 0 Å². The molecule has 1 aliphatic rings. The lowest BCUT2D eigenvalue weighted by Gasteiger charge is -2.29. The minimum Gasteiger partial charge on any atom is -0.352 e. The largest absolute Gasteiger partial charge is 0.352 e. The number of fused-ring (bicyclic) bond motifs is 5. The SMILES string of the molecule is CNC(C)(C)CCNC(=O)c1ccc(C[n+]2[nH]nc3c2-c2ccccc2N(C(=O)CCC(C)(C)NC)Cc2ccccc2-3)cc1. The first-order valence-electron chi connectivity index (χ1n) is 15.7. The van der Waals surface area contributed by atoms with Crippen molar-refractivity contribution < 1.29 is 14.3 Å². The number of H-pyrrole nitrogens is 1. The molecular formula is C36H46N7O2+. The Bertz CT molecular complexity index is 1660. The first-order chi connectivity index (χ1) is 21.5. The van der Waals surface area contributed by atoms with Gasteiger partial charge in [-0.1, -0.05) is 47.7 Å². The zero-order valence-corrected chi connectivity index (χ0v) is 27.3. The summed E-state index contributed by atoms with van der Waals surface area (Å²) < 4.78 is 2.03. The van der Waals surface area contributed by atoms with E-state index in [9.17, 15) is 9.59 Å². The van der Waals surface area contributed by atoms with Crippen LogP contribution < -0.4 is 25.5 Å². The number of hydrogen-bond acceptors (Lipinski definition) is 5. The molecule has 0 saturated carbocycles. The number of hydrogen-bond donors (Lipinski definition) is 4. The van der Waals surface area contributed by atoms with Crippen molar-refractivity contribution in [3.05, 3.63) is 89.5 Å². The number of carbonyl (C=O) groups excluding carboxylic acids is 2. The van der Waals surface area contributed by atoms with Crippen LogP contribution in [-0.2, 0) is 17.9 Å². The standard InChI is InChI=1S/C36H45N7O2/c1-35(2,37-5)20-19-31(44)42-24-27-11-7-8-12-28(27)32-33(29-13-9-10-14-30(29)42)43(41-40-32)23-25-15-17-26(18-16-25)34(45)39-22-21-36(3,4)38-6/h7-18,37-38H,19-24H2,1-6H3,(H,39,45)/p+1. The average Bonchev–Trinajstić information content (AvgIpc) is 3.44. The summed E-state index contributed by atoms with van der Waals surface area (Å²) in [6.45, 7) is 10.0. The van der Waals surface area contributed by atoms with Crippen LogP contribution in [0.25, 0.3) is 22.5 Å². The fraction of sp³-hybridized carbons (Fsp3) is 0.389. The first kappa shape index (κ1) is 32.1. The fourth-order valence-electron chi connectivity index (χ4n) is 5.53. The lowest BCUT2D eigenvalue weighted by Crippen LogP contribution is -2.40. The molecule has 0 saturated heterocycles. The Morgan fingerprint density at radius 3 is 2.22 bits per heavy atom. The number of nitrogens with zero attached hydrogens (tertiary/aromatic N) is 3. The van der Waals surface area contributed by atoms with Gasteiger partial charge in [0.15, 0.2) is 0 Å². The Morgan fingerprint density at radius 1 is 0.867 bits per heavy atom. The molecule has 2 heterocycles. The number of carbonyl (C=O) groups is 2. The summed E-state index contributed by atoms with van der Waals surface area (Å²) in [5.41, 5.74) is 7.08. The monoisotopic (exact) mass is 608 g/mol. The molecule has 0 unspecified atom stereocenters. The minimum atomic E-state index is -0.143. The first-order valence-corrected chi connectivity index (χ1v) is 15.7. The summed E-state index contributed by atoms with van der Waals surface area (Å²) >= 11 is 0. The lowest BCUT2D eigenvalue weighted by molar-refractivity contribution is -0.735. The van der Waals surface area contributed by atoms with Crippen LogP contribution >= 0.6 is 0 Å². The molecule has 2 amide bonds. The van der Waals surface area contributed by atoms with Crippen LogP contribution in [0.1, 0.15) is 68.4 Å². The van der Waals surface area contributed by atoms with Crippen molar-refractivity contribution >= 4 is 17.5 Å². The third kappa shape index (κ3) is 7.32. The molecular weight excluding hydrogens is 562 g/mol. The Hall–Kier alpha value is -4.34. The van der Waals surface area contributed by atoms with Gasteiger partial charge in [-0.15, -0.1) is 4.68 Å². The quantitative estimate of drug-likeness (QED) is 0.183. The number of aromatic amines is 1. The van der Waals surface area contributed by atoms with E-state index in [0.29, 0.717) is 31.6 Å². The zero-order chi connectivity index (χ0) is 32.2. The van der Waals surface area contributed by atoms with Crippen molar-refractivity contribution in [2.24, 2.45) is 0 Å². The number of para-hydroxylation sites is 1. The molecule has 4 aromatic rings. The summed E-state index contributed by atoms with van der Waals surface area (Å²) in [6, 6.07) is 23.9. The van der Waals surface area contributed by atoms with Crippen LogP contribution in [-0.4, -0.2) is 53.8 Å². The molecule has 9 nitrogen and oxygen atoms in total. The molecule has 5 rings (SSSR count). The second-order valence-corrected chi connectivity index (χ2v) is 13.1. The van der Waals surface area contributed by atoms with E-state index in [1.807, 2.05) is 78.3 Å².